The lowest BCUT2D eigenvalue weighted by molar-refractivity contribution is 0.0963. The minimum atomic E-state index is -2.91. The first-order chi connectivity index (χ1) is 9.43. The Hall–Kier alpha value is -1.54. The molecule has 0 aliphatic carbocycles. The van der Waals surface area contributed by atoms with Gasteiger partial charge in [0, 0.05) is 19.6 Å². The molecule has 0 unspecified atom stereocenters. The Morgan fingerprint density at radius 2 is 2.15 bits per heavy atom. The van der Waals surface area contributed by atoms with Crippen LogP contribution in [0, 0.1) is 0 Å². The molecule has 6 nitrogen and oxygen atoms in total. The van der Waals surface area contributed by atoms with Crippen molar-refractivity contribution in [1.29, 1.82) is 0 Å². The Labute approximate surface area is 122 Å². The van der Waals surface area contributed by atoms with Crippen molar-refractivity contribution in [3.05, 3.63) is 23.6 Å². The highest BCUT2D eigenvalue weighted by molar-refractivity contribution is 7.91. The van der Waals surface area contributed by atoms with Crippen molar-refractivity contribution < 1.29 is 13.2 Å². The number of nitrogen functional groups attached to an aromatic ring is 1. The Bertz CT molecular complexity index is 608. The van der Waals surface area contributed by atoms with Crippen LogP contribution in [0.1, 0.15) is 9.67 Å². The van der Waals surface area contributed by atoms with Crippen molar-refractivity contribution in [2.75, 3.05) is 41.8 Å². The average Bonchev–Trinajstić information content (AvgIpc) is 2.78. The van der Waals surface area contributed by atoms with Gasteiger partial charge in [-0.1, -0.05) is 6.08 Å². The molecule has 2 heterocycles. The topological polar surface area (TPSA) is 92.5 Å². The lowest BCUT2D eigenvalue weighted by atomic mass is 10.3. The van der Waals surface area contributed by atoms with Crippen molar-refractivity contribution in [1.82, 2.24) is 5.32 Å². The lowest BCUT2D eigenvalue weighted by Crippen LogP contribution is -2.39. The van der Waals surface area contributed by atoms with Crippen LogP contribution in [0.3, 0.4) is 0 Å². The molecule has 2 rings (SSSR count). The first-order valence-electron chi connectivity index (χ1n) is 6.17. The largest absolute Gasteiger partial charge is 0.397 e. The fourth-order valence-electron chi connectivity index (χ4n) is 1.90. The number of carbonyl (C=O) groups is 1. The van der Waals surface area contributed by atoms with E-state index in [9.17, 15) is 13.2 Å². The maximum atomic E-state index is 11.9. The van der Waals surface area contributed by atoms with E-state index in [1.165, 1.54) is 11.3 Å². The number of hydrogen-bond acceptors (Lipinski definition) is 6. The third kappa shape index (κ3) is 3.31. The van der Waals surface area contributed by atoms with Gasteiger partial charge >= 0.3 is 0 Å². The highest BCUT2D eigenvalue weighted by Crippen LogP contribution is 2.32. The van der Waals surface area contributed by atoms with E-state index in [1.807, 2.05) is 4.90 Å². The number of nitrogens with zero attached hydrogens (tertiary/aromatic N) is 1. The number of sulfone groups is 1. The summed E-state index contributed by atoms with van der Waals surface area (Å²) >= 11 is 1.28. The summed E-state index contributed by atoms with van der Waals surface area (Å²) < 4.78 is 22.8. The molecule has 1 amide bonds. The van der Waals surface area contributed by atoms with Gasteiger partial charge in [0.1, 0.15) is 4.88 Å². The van der Waals surface area contributed by atoms with Crippen LogP contribution in [-0.4, -0.2) is 45.5 Å². The number of thiophene rings is 1. The molecule has 1 aromatic rings. The summed E-state index contributed by atoms with van der Waals surface area (Å²) in [6, 6.07) is 1.73. The Morgan fingerprint density at radius 3 is 2.75 bits per heavy atom. The average molecular weight is 315 g/mol. The predicted octanol–water partition coefficient (Wildman–Crippen LogP) is 0.481. The third-order valence-electron chi connectivity index (χ3n) is 3.02. The van der Waals surface area contributed by atoms with Gasteiger partial charge in [-0.3, -0.25) is 4.79 Å². The number of hydrogen-bond donors (Lipinski definition) is 2. The molecule has 1 aliphatic rings. The van der Waals surface area contributed by atoms with E-state index in [0.717, 1.165) is 5.00 Å². The number of anilines is 2. The molecule has 0 saturated carbocycles. The molecule has 0 aromatic carbocycles. The molecular weight excluding hydrogens is 298 g/mol. The fraction of sp³-hybridized carbons (Fsp3) is 0.417. The molecule has 0 radical (unpaired) electrons. The molecule has 1 fully saturated rings. The van der Waals surface area contributed by atoms with Gasteiger partial charge in [0.25, 0.3) is 5.91 Å². The van der Waals surface area contributed by atoms with Gasteiger partial charge in [0.2, 0.25) is 0 Å². The minimum absolute atomic E-state index is 0.142. The maximum absolute atomic E-state index is 11.9. The van der Waals surface area contributed by atoms with Crippen LogP contribution >= 0.6 is 11.3 Å². The van der Waals surface area contributed by atoms with Crippen molar-refractivity contribution in [2.45, 2.75) is 0 Å². The Morgan fingerprint density at radius 1 is 1.50 bits per heavy atom. The van der Waals surface area contributed by atoms with Crippen LogP contribution in [-0.2, 0) is 9.84 Å². The molecule has 8 heteroatoms. The smallest absolute Gasteiger partial charge is 0.263 e. The number of nitrogens with one attached hydrogen (secondary N) is 1. The van der Waals surface area contributed by atoms with Crippen LogP contribution in [0.2, 0.25) is 0 Å². The highest BCUT2D eigenvalue weighted by atomic mass is 32.2. The summed E-state index contributed by atoms with van der Waals surface area (Å²) in [5.41, 5.74) is 6.27. The van der Waals surface area contributed by atoms with Gasteiger partial charge in [0.05, 0.1) is 22.2 Å². The fourth-order valence-corrected chi connectivity index (χ4v) is 4.15. The van der Waals surface area contributed by atoms with Gasteiger partial charge < -0.3 is 16.0 Å². The van der Waals surface area contributed by atoms with E-state index < -0.39 is 9.84 Å². The van der Waals surface area contributed by atoms with Crippen LogP contribution < -0.4 is 16.0 Å². The second-order valence-corrected chi connectivity index (χ2v) is 7.84. The third-order valence-corrected chi connectivity index (χ3v) is 5.84. The molecule has 0 spiro atoms. The van der Waals surface area contributed by atoms with Crippen LogP contribution in [0.5, 0.6) is 0 Å². The molecule has 0 atom stereocenters. The molecule has 3 N–H and O–H groups in total. The Kier molecular flexibility index (Phi) is 4.34. The molecule has 110 valence electrons. The SMILES string of the molecule is C=CCNC(=O)c1sc(N2CCS(=O)(=O)CC2)cc1N. The van der Waals surface area contributed by atoms with Crippen molar-refractivity contribution in [2.24, 2.45) is 0 Å². The molecular formula is C12H17N3O3S2. The normalized spacial score (nSPS) is 17.7. The van der Waals surface area contributed by atoms with Crippen LogP contribution in [0.25, 0.3) is 0 Å². The molecule has 0 bridgehead atoms. The molecule has 1 aromatic heterocycles. The first kappa shape index (κ1) is 14.9. The second kappa shape index (κ2) is 5.84. The quantitative estimate of drug-likeness (QED) is 0.789. The predicted molar refractivity (Wildman–Crippen MR) is 82.1 cm³/mol. The molecule has 1 saturated heterocycles. The zero-order valence-corrected chi connectivity index (χ0v) is 12.6. The van der Waals surface area contributed by atoms with Gasteiger partial charge in [-0.25, -0.2) is 8.42 Å². The maximum Gasteiger partial charge on any atom is 0.263 e. The summed E-state index contributed by atoms with van der Waals surface area (Å²) in [6.07, 6.45) is 1.60. The van der Waals surface area contributed by atoms with E-state index in [0.29, 0.717) is 30.2 Å². The highest BCUT2D eigenvalue weighted by Gasteiger charge is 2.24. The number of rotatable bonds is 4. The second-order valence-electron chi connectivity index (χ2n) is 4.51. The van der Waals surface area contributed by atoms with E-state index in [-0.39, 0.29) is 17.4 Å². The van der Waals surface area contributed by atoms with Gasteiger partial charge in [-0.15, -0.1) is 17.9 Å². The summed E-state index contributed by atoms with van der Waals surface area (Å²) in [5.74, 6) is 0.0503. The first-order valence-corrected chi connectivity index (χ1v) is 8.80. The summed E-state index contributed by atoms with van der Waals surface area (Å²) in [6.45, 7) is 4.80. The summed E-state index contributed by atoms with van der Waals surface area (Å²) in [4.78, 5) is 14.3. The molecule has 1 aliphatic heterocycles. The van der Waals surface area contributed by atoms with Crippen molar-refractivity contribution in [3.63, 3.8) is 0 Å². The molecule has 20 heavy (non-hydrogen) atoms. The van der Waals surface area contributed by atoms with E-state index >= 15 is 0 Å². The van der Waals surface area contributed by atoms with E-state index in [4.69, 9.17) is 5.73 Å². The lowest BCUT2D eigenvalue weighted by Gasteiger charge is -2.27. The zero-order chi connectivity index (χ0) is 14.8. The minimum Gasteiger partial charge on any atom is -0.397 e. The van der Waals surface area contributed by atoms with Gasteiger partial charge in [-0.05, 0) is 6.07 Å². The van der Waals surface area contributed by atoms with Crippen LogP contribution in [0.4, 0.5) is 10.7 Å². The number of nitrogens with two attached hydrogens (primary N) is 1. The summed E-state index contributed by atoms with van der Waals surface area (Å²) in [5, 5.41) is 3.51. The van der Waals surface area contributed by atoms with Gasteiger partial charge in [0.15, 0.2) is 9.84 Å². The Balaban J connectivity index is 2.11. The monoisotopic (exact) mass is 315 g/mol. The standard InChI is InChI=1S/C12H17N3O3S2/c1-2-3-14-12(16)11-9(13)8-10(19-11)15-4-6-20(17,18)7-5-15/h2,8H,1,3-7,13H2,(H,14,16). The van der Waals surface area contributed by atoms with Gasteiger partial charge in [-0.2, -0.15) is 0 Å². The number of carbonyl (C=O) groups excluding carboxylic acids is 1. The van der Waals surface area contributed by atoms with Crippen molar-refractivity contribution in [3.8, 4) is 0 Å². The van der Waals surface area contributed by atoms with Crippen molar-refractivity contribution >= 4 is 37.8 Å². The number of amides is 1. The van der Waals surface area contributed by atoms with E-state index in [2.05, 4.69) is 11.9 Å². The zero-order valence-electron chi connectivity index (χ0n) is 11.0. The van der Waals surface area contributed by atoms with E-state index in [1.54, 1.807) is 12.1 Å². The summed E-state index contributed by atoms with van der Waals surface area (Å²) in [7, 11) is -2.91. The van der Waals surface area contributed by atoms with Crippen LogP contribution in [0.15, 0.2) is 18.7 Å².